The number of nitrogens with two attached hydrogens (primary N) is 1. The minimum Gasteiger partial charge on any atom is -0.338 e. The van der Waals surface area contributed by atoms with E-state index in [9.17, 15) is 4.39 Å². The van der Waals surface area contributed by atoms with Gasteiger partial charge in [0.25, 0.3) is 0 Å². The Morgan fingerprint density at radius 3 is 2.80 bits per heavy atom. The van der Waals surface area contributed by atoms with Crippen LogP contribution in [-0.2, 0) is 0 Å². The molecule has 2 heterocycles. The normalized spacial score (nSPS) is 23.1. The minimum atomic E-state index is -0.260. The molecule has 0 radical (unpaired) electrons. The summed E-state index contributed by atoms with van der Waals surface area (Å²) < 4.78 is 12.9. The first-order valence-electron chi connectivity index (χ1n) is 6.82. The van der Waals surface area contributed by atoms with E-state index in [1.54, 1.807) is 12.1 Å². The molecule has 20 heavy (non-hydrogen) atoms. The maximum Gasteiger partial charge on any atom is 0.245 e. The maximum atomic E-state index is 12.9. The van der Waals surface area contributed by atoms with Crippen LogP contribution >= 0.6 is 0 Å². The molecule has 6 heteroatoms. The lowest BCUT2D eigenvalue weighted by molar-refractivity contribution is 0.376. The molecule has 0 spiro atoms. The number of hydrogen-bond donors (Lipinski definition) is 2. The predicted molar refractivity (Wildman–Crippen MR) is 75.7 cm³/mol. The second-order valence-corrected chi connectivity index (χ2v) is 5.37. The van der Waals surface area contributed by atoms with Gasteiger partial charge in [0.1, 0.15) is 5.82 Å². The zero-order valence-corrected chi connectivity index (χ0v) is 11.4. The number of piperidine rings is 1. The number of nitrogens with zero attached hydrogens (tertiary/aromatic N) is 3. The second kappa shape index (κ2) is 5.20. The predicted octanol–water partition coefficient (Wildman–Crippen LogP) is 1.78. The van der Waals surface area contributed by atoms with Crippen LogP contribution in [0.15, 0.2) is 24.3 Å². The minimum absolute atomic E-state index is 0.150. The highest BCUT2D eigenvalue weighted by Crippen LogP contribution is 2.22. The van der Waals surface area contributed by atoms with Gasteiger partial charge in [0, 0.05) is 24.7 Å². The maximum absolute atomic E-state index is 12.9. The van der Waals surface area contributed by atoms with Crippen molar-refractivity contribution in [3.05, 3.63) is 30.1 Å². The number of benzene rings is 1. The van der Waals surface area contributed by atoms with Gasteiger partial charge in [-0.2, -0.15) is 4.98 Å². The Morgan fingerprint density at radius 1 is 1.35 bits per heavy atom. The molecule has 0 amide bonds. The highest BCUT2D eigenvalue weighted by Gasteiger charge is 2.25. The molecule has 2 aromatic rings. The third kappa shape index (κ3) is 2.51. The molecule has 106 valence electrons. The summed E-state index contributed by atoms with van der Waals surface area (Å²) in [5.74, 6) is 1.57. The van der Waals surface area contributed by atoms with Crippen LogP contribution in [0.1, 0.15) is 13.3 Å². The number of halogens is 1. The van der Waals surface area contributed by atoms with Gasteiger partial charge in [0.15, 0.2) is 5.82 Å². The van der Waals surface area contributed by atoms with Crippen LogP contribution in [0.25, 0.3) is 11.4 Å². The number of anilines is 1. The van der Waals surface area contributed by atoms with Crippen molar-refractivity contribution in [2.75, 3.05) is 18.0 Å². The Balaban J connectivity index is 1.78. The third-order valence-corrected chi connectivity index (χ3v) is 3.89. The van der Waals surface area contributed by atoms with Crippen molar-refractivity contribution in [3.8, 4) is 11.4 Å². The van der Waals surface area contributed by atoms with Crippen LogP contribution < -0.4 is 10.6 Å². The molecule has 1 aromatic carbocycles. The van der Waals surface area contributed by atoms with Crippen LogP contribution in [0, 0.1) is 11.7 Å². The molecule has 1 aliphatic rings. The summed E-state index contributed by atoms with van der Waals surface area (Å²) >= 11 is 0. The van der Waals surface area contributed by atoms with E-state index < -0.39 is 0 Å². The number of H-pyrrole nitrogens is 1. The summed E-state index contributed by atoms with van der Waals surface area (Å²) in [4.78, 5) is 6.57. The fourth-order valence-electron chi connectivity index (χ4n) is 2.41. The number of aromatic amines is 1. The SMILES string of the molecule is CC1CCN(c2n[nH]c(-c3ccc(F)cc3)n2)CC1N. The molecule has 0 saturated carbocycles. The van der Waals surface area contributed by atoms with Gasteiger partial charge in [0.2, 0.25) is 5.95 Å². The van der Waals surface area contributed by atoms with Gasteiger partial charge in [-0.15, -0.1) is 5.10 Å². The van der Waals surface area contributed by atoms with Crippen molar-refractivity contribution in [3.63, 3.8) is 0 Å². The molecule has 1 fully saturated rings. The van der Waals surface area contributed by atoms with E-state index in [1.165, 1.54) is 12.1 Å². The molecule has 0 aliphatic carbocycles. The fraction of sp³-hybridized carbons (Fsp3) is 0.429. The molecular weight excluding hydrogens is 257 g/mol. The molecule has 2 unspecified atom stereocenters. The summed E-state index contributed by atoms with van der Waals surface area (Å²) in [6, 6.07) is 6.34. The van der Waals surface area contributed by atoms with E-state index in [1.807, 2.05) is 0 Å². The molecule has 3 N–H and O–H groups in total. The van der Waals surface area contributed by atoms with Crippen LogP contribution in [-0.4, -0.2) is 34.3 Å². The van der Waals surface area contributed by atoms with Crippen molar-refractivity contribution in [1.82, 2.24) is 15.2 Å². The Labute approximate surface area is 117 Å². The third-order valence-electron chi connectivity index (χ3n) is 3.89. The van der Waals surface area contributed by atoms with Gasteiger partial charge < -0.3 is 10.6 Å². The topological polar surface area (TPSA) is 70.8 Å². The first kappa shape index (κ1) is 13.1. The van der Waals surface area contributed by atoms with Gasteiger partial charge >= 0.3 is 0 Å². The van der Waals surface area contributed by atoms with E-state index >= 15 is 0 Å². The molecule has 0 bridgehead atoms. The Bertz CT molecular complexity index is 580. The van der Waals surface area contributed by atoms with E-state index in [2.05, 4.69) is 27.0 Å². The average molecular weight is 275 g/mol. The summed E-state index contributed by atoms with van der Waals surface area (Å²) in [6.07, 6.45) is 1.04. The molecule has 2 atom stereocenters. The second-order valence-electron chi connectivity index (χ2n) is 5.37. The highest BCUT2D eigenvalue weighted by molar-refractivity contribution is 5.56. The van der Waals surface area contributed by atoms with E-state index in [0.29, 0.717) is 17.7 Å². The zero-order valence-electron chi connectivity index (χ0n) is 11.4. The zero-order chi connectivity index (χ0) is 14.1. The number of hydrogen-bond acceptors (Lipinski definition) is 4. The number of nitrogens with one attached hydrogen (secondary N) is 1. The lowest BCUT2D eigenvalue weighted by Crippen LogP contribution is -2.48. The van der Waals surface area contributed by atoms with Crippen LogP contribution in [0.4, 0.5) is 10.3 Å². The molecule has 1 saturated heterocycles. The Morgan fingerprint density at radius 2 is 2.10 bits per heavy atom. The summed E-state index contributed by atoms with van der Waals surface area (Å²) in [5.41, 5.74) is 6.91. The Hall–Kier alpha value is -1.95. The average Bonchev–Trinajstić information content (AvgIpc) is 2.92. The van der Waals surface area contributed by atoms with E-state index in [4.69, 9.17) is 5.73 Å². The summed E-state index contributed by atoms with van der Waals surface area (Å²) in [7, 11) is 0. The van der Waals surface area contributed by atoms with Crippen LogP contribution in [0.5, 0.6) is 0 Å². The van der Waals surface area contributed by atoms with Crippen molar-refractivity contribution in [2.24, 2.45) is 11.7 Å². The fourth-order valence-corrected chi connectivity index (χ4v) is 2.41. The summed E-state index contributed by atoms with van der Waals surface area (Å²) in [5, 5.41) is 7.14. The lowest BCUT2D eigenvalue weighted by atomic mass is 9.95. The first-order valence-corrected chi connectivity index (χ1v) is 6.82. The monoisotopic (exact) mass is 275 g/mol. The van der Waals surface area contributed by atoms with Gasteiger partial charge in [0.05, 0.1) is 0 Å². The van der Waals surface area contributed by atoms with Crippen molar-refractivity contribution in [1.29, 1.82) is 0 Å². The lowest BCUT2D eigenvalue weighted by Gasteiger charge is -2.34. The highest BCUT2D eigenvalue weighted by atomic mass is 19.1. The molecule has 5 nitrogen and oxygen atoms in total. The largest absolute Gasteiger partial charge is 0.338 e. The quantitative estimate of drug-likeness (QED) is 0.876. The molecule has 1 aromatic heterocycles. The van der Waals surface area contributed by atoms with Gasteiger partial charge in [-0.3, -0.25) is 5.10 Å². The van der Waals surface area contributed by atoms with Gasteiger partial charge in [-0.25, -0.2) is 4.39 Å². The van der Waals surface area contributed by atoms with Gasteiger partial charge in [-0.05, 0) is 36.6 Å². The molecule has 3 rings (SSSR count). The van der Waals surface area contributed by atoms with Crippen molar-refractivity contribution in [2.45, 2.75) is 19.4 Å². The standard InChI is InChI=1S/C14H18FN5/c1-9-6-7-20(8-12(9)16)14-17-13(18-19-14)10-2-4-11(15)5-3-10/h2-5,9,12H,6-8,16H2,1H3,(H,17,18,19). The first-order chi connectivity index (χ1) is 9.63. The smallest absolute Gasteiger partial charge is 0.245 e. The van der Waals surface area contributed by atoms with Crippen LogP contribution in [0.2, 0.25) is 0 Å². The van der Waals surface area contributed by atoms with Crippen LogP contribution in [0.3, 0.4) is 0 Å². The van der Waals surface area contributed by atoms with E-state index in [-0.39, 0.29) is 11.9 Å². The number of rotatable bonds is 2. The Kier molecular flexibility index (Phi) is 3.40. The van der Waals surface area contributed by atoms with Crippen molar-refractivity contribution >= 4 is 5.95 Å². The van der Waals surface area contributed by atoms with E-state index in [0.717, 1.165) is 25.1 Å². The molecule has 1 aliphatic heterocycles. The van der Waals surface area contributed by atoms with Gasteiger partial charge in [-0.1, -0.05) is 6.92 Å². The van der Waals surface area contributed by atoms with Crippen molar-refractivity contribution < 1.29 is 4.39 Å². The molecular formula is C14H18FN5. The summed E-state index contributed by atoms with van der Waals surface area (Å²) in [6.45, 7) is 3.85. The number of aromatic nitrogens is 3.